The third kappa shape index (κ3) is 5.18. The molecule has 1 saturated heterocycles. The van der Waals surface area contributed by atoms with Gasteiger partial charge in [0.25, 0.3) is 5.91 Å². The Morgan fingerprint density at radius 3 is 2.85 bits per heavy atom. The summed E-state index contributed by atoms with van der Waals surface area (Å²) in [5.74, 6) is 1.26. The third-order valence-corrected chi connectivity index (χ3v) is 4.84. The summed E-state index contributed by atoms with van der Waals surface area (Å²) in [5.41, 5.74) is 1.59. The van der Waals surface area contributed by atoms with E-state index in [1.54, 1.807) is 35.8 Å². The fourth-order valence-corrected chi connectivity index (χ4v) is 3.39. The number of likely N-dealkylation sites (tertiary alicyclic amines) is 1. The van der Waals surface area contributed by atoms with Gasteiger partial charge in [-0.3, -0.25) is 9.59 Å². The molecular weight excluding hydrogens is 342 g/mol. The molecule has 2 aromatic rings. The van der Waals surface area contributed by atoms with Crippen LogP contribution in [0.5, 0.6) is 0 Å². The summed E-state index contributed by atoms with van der Waals surface area (Å²) in [5, 5.41) is 3.19. The van der Waals surface area contributed by atoms with Crippen LogP contribution in [0.15, 0.2) is 41.3 Å². The average Bonchev–Trinajstić information content (AvgIpc) is 3.19. The van der Waals surface area contributed by atoms with E-state index in [1.165, 1.54) is 0 Å². The van der Waals surface area contributed by atoms with Crippen LogP contribution in [0.3, 0.4) is 0 Å². The Kier molecular flexibility index (Phi) is 6.27. The first-order chi connectivity index (χ1) is 13.0. The van der Waals surface area contributed by atoms with Crippen molar-refractivity contribution in [1.82, 2.24) is 9.88 Å². The second kappa shape index (κ2) is 8.84. The number of carbonyl (C=O) groups is 2. The highest BCUT2D eigenvalue weighted by atomic mass is 16.3. The van der Waals surface area contributed by atoms with E-state index in [-0.39, 0.29) is 17.6 Å². The van der Waals surface area contributed by atoms with Crippen molar-refractivity contribution in [1.29, 1.82) is 0 Å². The molecule has 27 heavy (non-hydrogen) atoms. The molecule has 1 aliphatic rings. The number of aromatic nitrogens is 1. The molecule has 0 aliphatic carbocycles. The molecule has 2 aromatic heterocycles. The summed E-state index contributed by atoms with van der Waals surface area (Å²) in [4.78, 5) is 31.3. The number of amides is 1. The van der Waals surface area contributed by atoms with Gasteiger partial charge in [0, 0.05) is 43.7 Å². The molecule has 1 atom stereocenters. The van der Waals surface area contributed by atoms with Gasteiger partial charge in [-0.15, -0.1) is 0 Å². The summed E-state index contributed by atoms with van der Waals surface area (Å²) in [7, 11) is 0. The summed E-state index contributed by atoms with van der Waals surface area (Å²) < 4.78 is 5.03. The van der Waals surface area contributed by atoms with Gasteiger partial charge in [-0.2, -0.15) is 0 Å². The van der Waals surface area contributed by atoms with Gasteiger partial charge in [0.1, 0.15) is 11.6 Å². The van der Waals surface area contributed by atoms with Crippen LogP contribution in [0.2, 0.25) is 0 Å². The maximum atomic E-state index is 12.8. The summed E-state index contributed by atoms with van der Waals surface area (Å²) in [6.07, 6.45) is 7.25. The lowest BCUT2D eigenvalue weighted by molar-refractivity contribution is -0.124. The van der Waals surface area contributed by atoms with Crippen LogP contribution in [-0.2, 0) is 11.3 Å². The van der Waals surface area contributed by atoms with Gasteiger partial charge >= 0.3 is 0 Å². The highest BCUT2D eigenvalue weighted by Gasteiger charge is 2.29. The Labute approximate surface area is 160 Å². The molecule has 0 aromatic carbocycles. The summed E-state index contributed by atoms with van der Waals surface area (Å²) >= 11 is 0. The molecule has 3 rings (SSSR count). The van der Waals surface area contributed by atoms with Gasteiger partial charge in [-0.25, -0.2) is 4.98 Å². The van der Waals surface area contributed by atoms with Crippen molar-refractivity contribution < 1.29 is 14.0 Å². The number of carbonyl (C=O) groups excluding carboxylic acids is 2. The molecule has 1 amide bonds. The number of pyridine rings is 1. The fourth-order valence-electron chi connectivity index (χ4n) is 3.39. The number of nitrogens with one attached hydrogen (secondary N) is 1. The number of ketones is 1. The molecule has 0 saturated carbocycles. The van der Waals surface area contributed by atoms with Crippen molar-refractivity contribution >= 4 is 17.5 Å². The van der Waals surface area contributed by atoms with E-state index in [1.807, 2.05) is 6.07 Å². The molecule has 1 N–H and O–H groups in total. The minimum Gasteiger partial charge on any atom is -0.472 e. The highest BCUT2D eigenvalue weighted by Crippen LogP contribution is 2.22. The van der Waals surface area contributed by atoms with Crippen molar-refractivity contribution in [2.45, 2.75) is 39.7 Å². The summed E-state index contributed by atoms with van der Waals surface area (Å²) in [6, 6.07) is 5.48. The number of anilines is 1. The minimum atomic E-state index is -0.0501. The first-order valence-electron chi connectivity index (χ1n) is 9.56. The molecule has 0 bridgehead atoms. The van der Waals surface area contributed by atoms with Crippen molar-refractivity contribution in [3.05, 3.63) is 48.0 Å². The van der Waals surface area contributed by atoms with Crippen molar-refractivity contribution in [3.8, 4) is 0 Å². The zero-order valence-corrected chi connectivity index (χ0v) is 16.0. The highest BCUT2D eigenvalue weighted by molar-refractivity contribution is 5.94. The molecule has 1 aliphatic heterocycles. The van der Waals surface area contributed by atoms with Crippen molar-refractivity contribution in [2.24, 2.45) is 11.8 Å². The summed E-state index contributed by atoms with van der Waals surface area (Å²) in [6.45, 7) is 5.94. The second-order valence-electron chi connectivity index (χ2n) is 7.57. The van der Waals surface area contributed by atoms with Crippen LogP contribution in [0.25, 0.3) is 0 Å². The minimum absolute atomic E-state index is 0.0334. The Hall–Kier alpha value is -2.63. The fraction of sp³-hybridized carbons (Fsp3) is 0.476. The smallest absolute Gasteiger partial charge is 0.255 e. The number of hydrogen-bond acceptors (Lipinski definition) is 5. The van der Waals surface area contributed by atoms with Crippen LogP contribution < -0.4 is 5.32 Å². The van der Waals surface area contributed by atoms with Gasteiger partial charge in [-0.1, -0.05) is 13.8 Å². The molecule has 3 heterocycles. The number of nitrogens with zero attached hydrogens (tertiary/aromatic N) is 2. The zero-order chi connectivity index (χ0) is 19.2. The van der Waals surface area contributed by atoms with Crippen LogP contribution in [0.4, 0.5) is 5.82 Å². The maximum Gasteiger partial charge on any atom is 0.255 e. The molecule has 0 unspecified atom stereocenters. The van der Waals surface area contributed by atoms with Crippen LogP contribution >= 0.6 is 0 Å². The lowest BCUT2D eigenvalue weighted by Gasteiger charge is -2.32. The van der Waals surface area contributed by atoms with E-state index >= 15 is 0 Å². The Morgan fingerprint density at radius 2 is 2.19 bits per heavy atom. The van der Waals surface area contributed by atoms with E-state index in [9.17, 15) is 9.59 Å². The molecule has 0 radical (unpaired) electrons. The van der Waals surface area contributed by atoms with Crippen LogP contribution in [-0.4, -0.2) is 34.7 Å². The number of furan rings is 1. The van der Waals surface area contributed by atoms with Gasteiger partial charge in [-0.05, 0) is 37.0 Å². The maximum absolute atomic E-state index is 12.8. The topological polar surface area (TPSA) is 75.4 Å². The first kappa shape index (κ1) is 19.1. The van der Waals surface area contributed by atoms with E-state index in [0.29, 0.717) is 43.4 Å². The van der Waals surface area contributed by atoms with E-state index in [2.05, 4.69) is 24.1 Å². The third-order valence-electron chi connectivity index (χ3n) is 4.84. The Balaban J connectivity index is 1.57. The SMILES string of the molecule is CC(C)CC(=O)[C@@H]1CCCN(C(=O)c2ccc(NCc3ccoc3)nc2)C1. The normalized spacial score (nSPS) is 17.1. The number of piperidine rings is 1. The van der Waals surface area contributed by atoms with Crippen molar-refractivity contribution in [3.63, 3.8) is 0 Å². The quantitative estimate of drug-likeness (QED) is 0.804. The molecule has 1 fully saturated rings. The van der Waals surface area contributed by atoms with Gasteiger partial charge in [0.2, 0.25) is 0 Å². The van der Waals surface area contributed by atoms with Gasteiger partial charge in [0.15, 0.2) is 0 Å². The Morgan fingerprint density at radius 1 is 1.33 bits per heavy atom. The monoisotopic (exact) mass is 369 g/mol. The lowest BCUT2D eigenvalue weighted by atomic mass is 9.89. The standard InChI is InChI=1S/C21H27N3O3/c1-15(2)10-19(25)18-4-3-8-24(13-18)21(26)17-5-6-20(23-12-17)22-11-16-7-9-27-14-16/h5-7,9,12,14-15,18H,3-4,8,10-11,13H2,1-2H3,(H,22,23)/t18-/m1/s1. The first-order valence-corrected chi connectivity index (χ1v) is 9.56. The largest absolute Gasteiger partial charge is 0.472 e. The molecular formula is C21H27N3O3. The Bertz CT molecular complexity index is 753. The lowest BCUT2D eigenvalue weighted by Crippen LogP contribution is -2.42. The van der Waals surface area contributed by atoms with Crippen molar-refractivity contribution in [2.75, 3.05) is 18.4 Å². The van der Waals surface area contributed by atoms with E-state index < -0.39 is 0 Å². The van der Waals surface area contributed by atoms with Crippen LogP contribution in [0.1, 0.15) is 49.0 Å². The molecule has 6 nitrogen and oxygen atoms in total. The number of rotatable bonds is 7. The molecule has 144 valence electrons. The van der Waals surface area contributed by atoms with E-state index in [4.69, 9.17) is 4.42 Å². The van der Waals surface area contributed by atoms with E-state index in [0.717, 1.165) is 18.4 Å². The van der Waals surface area contributed by atoms with Crippen LogP contribution in [0, 0.1) is 11.8 Å². The average molecular weight is 369 g/mol. The zero-order valence-electron chi connectivity index (χ0n) is 16.0. The number of Topliss-reactive ketones (excluding diaryl/α,β-unsaturated/α-hetero) is 1. The van der Waals surface area contributed by atoms with Gasteiger partial charge < -0.3 is 14.6 Å². The molecule has 6 heteroatoms. The second-order valence-corrected chi connectivity index (χ2v) is 7.57. The van der Waals surface area contributed by atoms with Gasteiger partial charge in [0.05, 0.1) is 18.1 Å². The predicted molar refractivity (Wildman–Crippen MR) is 103 cm³/mol. The number of hydrogen-bond donors (Lipinski definition) is 1. The predicted octanol–water partition coefficient (Wildman–Crippen LogP) is 3.75. The molecule has 0 spiro atoms.